The van der Waals surface area contributed by atoms with E-state index in [1.807, 2.05) is 23.1 Å². The monoisotopic (exact) mass is 415 g/mol. The van der Waals surface area contributed by atoms with Crippen LogP contribution in [0.25, 0.3) is 0 Å². The van der Waals surface area contributed by atoms with Gasteiger partial charge in [-0.25, -0.2) is 4.79 Å². The van der Waals surface area contributed by atoms with Crippen LogP contribution < -0.4 is 14.8 Å². The predicted octanol–water partition coefficient (Wildman–Crippen LogP) is 2.62. The molecule has 0 unspecified atom stereocenters. The molecule has 4 rings (SSSR count). The first kappa shape index (κ1) is 20.5. The smallest absolute Gasteiger partial charge is 0.325 e. The van der Waals surface area contributed by atoms with Gasteiger partial charge >= 0.3 is 6.03 Å². The second-order valence-electron chi connectivity index (χ2n) is 8.28. The van der Waals surface area contributed by atoms with E-state index in [0.29, 0.717) is 30.9 Å². The number of likely N-dealkylation sites (tertiary alicyclic amines) is 1. The lowest BCUT2D eigenvalue weighted by molar-refractivity contribution is -0.134. The fourth-order valence-corrected chi connectivity index (χ4v) is 5.03. The lowest BCUT2D eigenvalue weighted by Gasteiger charge is -2.27. The van der Waals surface area contributed by atoms with Crippen LogP contribution in [0.15, 0.2) is 18.2 Å². The van der Waals surface area contributed by atoms with Gasteiger partial charge in [0.2, 0.25) is 5.91 Å². The van der Waals surface area contributed by atoms with Crippen molar-refractivity contribution < 1.29 is 23.9 Å². The average molecular weight is 415 g/mol. The molecule has 0 radical (unpaired) electrons. The molecular formula is C22H29N3O5. The number of nitrogens with zero attached hydrogens (tertiary/aromatic N) is 2. The number of urea groups is 1. The summed E-state index contributed by atoms with van der Waals surface area (Å²) in [4.78, 5) is 41.2. The van der Waals surface area contributed by atoms with Gasteiger partial charge in [0, 0.05) is 31.1 Å². The van der Waals surface area contributed by atoms with Crippen molar-refractivity contribution in [3.63, 3.8) is 0 Å². The van der Waals surface area contributed by atoms with Crippen LogP contribution in [0.1, 0.15) is 56.6 Å². The van der Waals surface area contributed by atoms with Crippen LogP contribution in [0.2, 0.25) is 0 Å². The van der Waals surface area contributed by atoms with Crippen LogP contribution >= 0.6 is 0 Å². The van der Waals surface area contributed by atoms with Gasteiger partial charge < -0.3 is 19.7 Å². The number of methoxy groups -OCH3 is 2. The SMILES string of the molecule is COc1ccc([C@H]2CCCN2C(=O)CCN2C(=O)NC3(CCCC3)C2=O)c(OC)c1. The van der Waals surface area contributed by atoms with Crippen molar-refractivity contribution in [1.82, 2.24) is 15.1 Å². The molecule has 1 aromatic carbocycles. The first-order valence-electron chi connectivity index (χ1n) is 10.6. The Bertz CT molecular complexity index is 849. The summed E-state index contributed by atoms with van der Waals surface area (Å²) in [6, 6.07) is 5.18. The van der Waals surface area contributed by atoms with E-state index in [2.05, 4.69) is 5.32 Å². The second kappa shape index (κ2) is 8.16. The van der Waals surface area contributed by atoms with Gasteiger partial charge in [0.05, 0.1) is 20.3 Å². The third kappa shape index (κ3) is 3.48. The van der Waals surface area contributed by atoms with E-state index in [9.17, 15) is 14.4 Å². The summed E-state index contributed by atoms with van der Waals surface area (Å²) in [6.45, 7) is 0.775. The minimum absolute atomic E-state index is 0.0525. The summed E-state index contributed by atoms with van der Waals surface area (Å²) >= 11 is 0. The van der Waals surface area contributed by atoms with E-state index < -0.39 is 5.54 Å². The number of amides is 4. The number of carbonyl (C=O) groups is 3. The van der Waals surface area contributed by atoms with Gasteiger partial charge in [0.25, 0.3) is 5.91 Å². The second-order valence-corrected chi connectivity index (χ2v) is 8.28. The molecule has 1 atom stereocenters. The minimum Gasteiger partial charge on any atom is -0.497 e. The Hall–Kier alpha value is -2.77. The molecule has 8 heteroatoms. The van der Waals surface area contributed by atoms with Gasteiger partial charge in [-0.1, -0.05) is 12.8 Å². The van der Waals surface area contributed by atoms with Gasteiger partial charge in [-0.3, -0.25) is 14.5 Å². The van der Waals surface area contributed by atoms with E-state index in [-0.39, 0.29) is 36.9 Å². The van der Waals surface area contributed by atoms with E-state index in [0.717, 1.165) is 31.2 Å². The number of nitrogens with one attached hydrogen (secondary N) is 1. The van der Waals surface area contributed by atoms with Gasteiger partial charge in [-0.15, -0.1) is 0 Å². The van der Waals surface area contributed by atoms with Gasteiger partial charge in [-0.2, -0.15) is 0 Å². The lowest BCUT2D eigenvalue weighted by atomic mass is 9.98. The molecule has 2 saturated heterocycles. The Kier molecular flexibility index (Phi) is 5.58. The largest absolute Gasteiger partial charge is 0.497 e. The van der Waals surface area contributed by atoms with Crippen molar-refractivity contribution >= 4 is 17.8 Å². The molecule has 3 fully saturated rings. The van der Waals surface area contributed by atoms with Crippen LogP contribution in [-0.4, -0.2) is 60.5 Å². The Labute approximate surface area is 176 Å². The van der Waals surface area contributed by atoms with Crippen molar-refractivity contribution in [2.24, 2.45) is 0 Å². The van der Waals surface area contributed by atoms with Crippen molar-refractivity contribution in [3.8, 4) is 11.5 Å². The number of hydrogen-bond donors (Lipinski definition) is 1. The molecule has 4 amide bonds. The third-order valence-corrected chi connectivity index (χ3v) is 6.63. The van der Waals surface area contributed by atoms with Crippen LogP contribution in [0.4, 0.5) is 4.79 Å². The molecule has 3 aliphatic rings. The van der Waals surface area contributed by atoms with Crippen molar-refractivity contribution in [2.45, 2.75) is 56.5 Å². The zero-order valence-electron chi connectivity index (χ0n) is 17.6. The van der Waals surface area contributed by atoms with E-state index in [1.54, 1.807) is 14.2 Å². The number of imide groups is 1. The molecule has 1 aromatic rings. The van der Waals surface area contributed by atoms with Crippen LogP contribution in [0, 0.1) is 0 Å². The molecule has 1 N–H and O–H groups in total. The number of hydrogen-bond acceptors (Lipinski definition) is 5. The maximum absolute atomic E-state index is 13.0. The summed E-state index contributed by atoms with van der Waals surface area (Å²) in [5.74, 6) is 1.16. The van der Waals surface area contributed by atoms with Crippen molar-refractivity contribution in [3.05, 3.63) is 23.8 Å². The summed E-state index contributed by atoms with van der Waals surface area (Å²) in [5, 5.41) is 2.87. The standard InChI is InChI=1S/C22H29N3O5/c1-29-15-7-8-16(18(14-15)30-2)17-6-5-12-24(17)19(26)9-13-25-20(27)22(23-21(25)28)10-3-4-11-22/h7-8,14,17H,3-6,9-13H2,1-2H3,(H,23,28)/t17-/m1/s1. The molecule has 30 heavy (non-hydrogen) atoms. The van der Waals surface area contributed by atoms with Crippen molar-refractivity contribution in [1.29, 1.82) is 0 Å². The molecule has 0 bridgehead atoms. The molecule has 2 heterocycles. The molecule has 0 aromatic heterocycles. The maximum Gasteiger partial charge on any atom is 0.325 e. The molecule has 1 saturated carbocycles. The summed E-state index contributed by atoms with van der Waals surface area (Å²) in [7, 11) is 3.21. The summed E-state index contributed by atoms with van der Waals surface area (Å²) in [6.07, 6.45) is 5.14. The first-order chi connectivity index (χ1) is 14.5. The molecule has 8 nitrogen and oxygen atoms in total. The highest BCUT2D eigenvalue weighted by Gasteiger charge is 2.52. The Morgan fingerprint density at radius 3 is 2.63 bits per heavy atom. The summed E-state index contributed by atoms with van der Waals surface area (Å²) < 4.78 is 10.8. The zero-order valence-corrected chi connectivity index (χ0v) is 17.6. The molecule has 2 aliphatic heterocycles. The minimum atomic E-state index is -0.729. The first-order valence-corrected chi connectivity index (χ1v) is 10.6. The predicted molar refractivity (Wildman–Crippen MR) is 109 cm³/mol. The normalized spacial score (nSPS) is 22.7. The summed E-state index contributed by atoms with van der Waals surface area (Å²) in [5.41, 5.74) is 0.219. The molecule has 1 aliphatic carbocycles. The fraction of sp³-hybridized carbons (Fsp3) is 0.591. The van der Waals surface area contributed by atoms with Gasteiger partial charge in [0.1, 0.15) is 17.0 Å². The van der Waals surface area contributed by atoms with Gasteiger partial charge in [-0.05, 0) is 37.8 Å². The topological polar surface area (TPSA) is 88.2 Å². The van der Waals surface area contributed by atoms with Crippen molar-refractivity contribution in [2.75, 3.05) is 27.3 Å². The van der Waals surface area contributed by atoms with Crippen LogP contribution in [-0.2, 0) is 9.59 Å². The van der Waals surface area contributed by atoms with E-state index in [4.69, 9.17) is 9.47 Å². The van der Waals surface area contributed by atoms with Crippen LogP contribution in [0.5, 0.6) is 11.5 Å². The van der Waals surface area contributed by atoms with Crippen LogP contribution in [0.3, 0.4) is 0 Å². The Balaban J connectivity index is 1.43. The number of rotatable bonds is 6. The number of ether oxygens (including phenoxy) is 2. The zero-order chi connectivity index (χ0) is 21.3. The Morgan fingerprint density at radius 2 is 1.93 bits per heavy atom. The highest BCUT2D eigenvalue weighted by molar-refractivity contribution is 6.07. The molecule has 162 valence electrons. The maximum atomic E-state index is 13.0. The van der Waals surface area contributed by atoms with Gasteiger partial charge in [0.15, 0.2) is 0 Å². The highest BCUT2D eigenvalue weighted by Crippen LogP contribution is 2.39. The lowest BCUT2D eigenvalue weighted by Crippen LogP contribution is -2.44. The van der Waals surface area contributed by atoms with E-state index in [1.165, 1.54) is 4.90 Å². The highest BCUT2D eigenvalue weighted by atomic mass is 16.5. The quantitative estimate of drug-likeness (QED) is 0.722. The fourth-order valence-electron chi connectivity index (χ4n) is 5.03. The molecular weight excluding hydrogens is 386 g/mol. The number of benzene rings is 1. The Morgan fingerprint density at radius 1 is 1.17 bits per heavy atom. The van der Waals surface area contributed by atoms with E-state index >= 15 is 0 Å². The number of carbonyl (C=O) groups excluding carboxylic acids is 3. The molecule has 1 spiro atoms. The third-order valence-electron chi connectivity index (χ3n) is 6.63. The average Bonchev–Trinajstić information content (AvgIpc) is 3.47.